The monoisotopic (exact) mass is 273 g/mol. The standard InChI is InChI=1S/C14H19N5O/c1-11-8-18(9-12(2)20-11)10-14-15-16-17-19(14)13-6-4-3-5-7-13/h3-7,11-12H,8-10H2,1-2H3/t11-,12-/m1/s1. The van der Waals surface area contributed by atoms with Gasteiger partial charge in [0.15, 0.2) is 5.82 Å². The lowest BCUT2D eigenvalue weighted by molar-refractivity contribution is -0.0712. The molecule has 2 aromatic rings. The fourth-order valence-electron chi connectivity index (χ4n) is 2.69. The van der Waals surface area contributed by atoms with Crippen molar-refractivity contribution in [3.8, 4) is 5.69 Å². The summed E-state index contributed by atoms with van der Waals surface area (Å²) in [7, 11) is 0. The van der Waals surface area contributed by atoms with Gasteiger partial charge in [-0.15, -0.1) is 5.10 Å². The van der Waals surface area contributed by atoms with E-state index >= 15 is 0 Å². The smallest absolute Gasteiger partial charge is 0.170 e. The molecule has 2 atom stereocenters. The highest BCUT2D eigenvalue weighted by Crippen LogP contribution is 2.14. The summed E-state index contributed by atoms with van der Waals surface area (Å²) in [6, 6.07) is 9.97. The lowest BCUT2D eigenvalue weighted by atomic mass is 10.2. The predicted molar refractivity (Wildman–Crippen MR) is 74.4 cm³/mol. The molecule has 3 rings (SSSR count). The van der Waals surface area contributed by atoms with Crippen molar-refractivity contribution in [2.75, 3.05) is 13.1 Å². The predicted octanol–water partition coefficient (Wildman–Crippen LogP) is 1.27. The lowest BCUT2D eigenvalue weighted by Crippen LogP contribution is -2.45. The third kappa shape index (κ3) is 2.86. The number of benzene rings is 1. The Bertz CT molecular complexity index is 546. The molecule has 1 aliphatic heterocycles. The Morgan fingerprint density at radius 1 is 1.15 bits per heavy atom. The van der Waals surface area contributed by atoms with Gasteiger partial charge < -0.3 is 4.74 Å². The first-order chi connectivity index (χ1) is 9.72. The molecule has 106 valence electrons. The van der Waals surface area contributed by atoms with E-state index in [2.05, 4.69) is 34.3 Å². The molecule has 0 unspecified atom stereocenters. The van der Waals surface area contributed by atoms with E-state index in [4.69, 9.17) is 4.74 Å². The van der Waals surface area contributed by atoms with E-state index in [9.17, 15) is 0 Å². The molecular weight excluding hydrogens is 254 g/mol. The van der Waals surface area contributed by atoms with Gasteiger partial charge in [-0.3, -0.25) is 4.90 Å². The highest BCUT2D eigenvalue weighted by Gasteiger charge is 2.23. The second-order valence-electron chi connectivity index (χ2n) is 5.29. The van der Waals surface area contributed by atoms with Crippen molar-refractivity contribution < 1.29 is 4.74 Å². The van der Waals surface area contributed by atoms with Gasteiger partial charge >= 0.3 is 0 Å². The van der Waals surface area contributed by atoms with Crippen LogP contribution in [0.1, 0.15) is 19.7 Å². The number of nitrogens with zero attached hydrogens (tertiary/aromatic N) is 5. The molecule has 0 aliphatic carbocycles. The Morgan fingerprint density at radius 2 is 1.85 bits per heavy atom. The van der Waals surface area contributed by atoms with E-state index in [1.54, 1.807) is 4.68 Å². The lowest BCUT2D eigenvalue weighted by Gasteiger charge is -2.34. The maximum Gasteiger partial charge on any atom is 0.170 e. The zero-order chi connectivity index (χ0) is 13.9. The number of aromatic nitrogens is 4. The van der Waals surface area contributed by atoms with Crippen LogP contribution in [0.25, 0.3) is 5.69 Å². The molecular formula is C14H19N5O. The van der Waals surface area contributed by atoms with Crippen LogP contribution in [0, 0.1) is 0 Å². The summed E-state index contributed by atoms with van der Waals surface area (Å²) in [6.45, 7) is 6.75. The highest BCUT2D eigenvalue weighted by molar-refractivity contribution is 5.30. The molecule has 6 nitrogen and oxygen atoms in total. The minimum absolute atomic E-state index is 0.250. The topological polar surface area (TPSA) is 56.1 Å². The molecule has 0 spiro atoms. The van der Waals surface area contributed by atoms with Crippen LogP contribution in [0.4, 0.5) is 0 Å². The first-order valence-corrected chi connectivity index (χ1v) is 6.93. The van der Waals surface area contributed by atoms with Crippen LogP contribution in [-0.4, -0.2) is 50.4 Å². The molecule has 0 bridgehead atoms. The molecule has 0 N–H and O–H groups in total. The maximum absolute atomic E-state index is 5.75. The first kappa shape index (κ1) is 13.2. The summed E-state index contributed by atoms with van der Waals surface area (Å²) in [4.78, 5) is 2.34. The molecule has 1 aromatic heterocycles. The van der Waals surface area contributed by atoms with Crippen molar-refractivity contribution >= 4 is 0 Å². The van der Waals surface area contributed by atoms with Gasteiger partial charge in [0.2, 0.25) is 0 Å². The van der Waals surface area contributed by atoms with Crippen LogP contribution >= 0.6 is 0 Å². The SMILES string of the molecule is C[C@@H]1CN(Cc2nnnn2-c2ccccc2)C[C@@H](C)O1. The number of para-hydroxylation sites is 1. The Kier molecular flexibility index (Phi) is 3.75. The molecule has 0 radical (unpaired) electrons. The van der Waals surface area contributed by atoms with Gasteiger partial charge in [0.25, 0.3) is 0 Å². The van der Waals surface area contributed by atoms with Crippen molar-refractivity contribution in [2.45, 2.75) is 32.6 Å². The third-order valence-electron chi connectivity index (χ3n) is 3.40. The van der Waals surface area contributed by atoms with Crippen molar-refractivity contribution in [2.24, 2.45) is 0 Å². The van der Waals surface area contributed by atoms with Crippen LogP contribution in [0.2, 0.25) is 0 Å². The second-order valence-corrected chi connectivity index (χ2v) is 5.29. The molecule has 1 aliphatic rings. The minimum atomic E-state index is 0.250. The number of hydrogen-bond acceptors (Lipinski definition) is 5. The fraction of sp³-hybridized carbons (Fsp3) is 0.500. The number of rotatable bonds is 3. The molecule has 1 aromatic carbocycles. The van der Waals surface area contributed by atoms with Crippen molar-refractivity contribution in [3.63, 3.8) is 0 Å². The Hall–Kier alpha value is -1.79. The average Bonchev–Trinajstić information content (AvgIpc) is 2.86. The van der Waals surface area contributed by atoms with Crippen LogP contribution in [0.15, 0.2) is 30.3 Å². The molecule has 1 fully saturated rings. The Labute approximate surface area is 118 Å². The van der Waals surface area contributed by atoms with E-state index in [-0.39, 0.29) is 12.2 Å². The summed E-state index contributed by atoms with van der Waals surface area (Å²) < 4.78 is 7.55. The summed E-state index contributed by atoms with van der Waals surface area (Å²) in [5.41, 5.74) is 0.988. The van der Waals surface area contributed by atoms with Gasteiger partial charge in [-0.25, -0.2) is 0 Å². The van der Waals surface area contributed by atoms with Gasteiger partial charge in [-0.1, -0.05) is 18.2 Å². The summed E-state index contributed by atoms with van der Waals surface area (Å²) in [5, 5.41) is 12.1. The zero-order valence-corrected chi connectivity index (χ0v) is 11.8. The summed E-state index contributed by atoms with van der Waals surface area (Å²) in [5.74, 6) is 0.859. The van der Waals surface area contributed by atoms with Crippen LogP contribution in [0.5, 0.6) is 0 Å². The summed E-state index contributed by atoms with van der Waals surface area (Å²) >= 11 is 0. The minimum Gasteiger partial charge on any atom is -0.373 e. The van der Waals surface area contributed by atoms with E-state index < -0.39 is 0 Å². The highest BCUT2D eigenvalue weighted by atomic mass is 16.5. The molecule has 0 saturated carbocycles. The van der Waals surface area contributed by atoms with Crippen LogP contribution < -0.4 is 0 Å². The normalized spacial score (nSPS) is 23.9. The largest absolute Gasteiger partial charge is 0.373 e. The van der Waals surface area contributed by atoms with Gasteiger partial charge in [-0.05, 0) is 36.4 Å². The number of tetrazole rings is 1. The first-order valence-electron chi connectivity index (χ1n) is 6.93. The Morgan fingerprint density at radius 3 is 2.55 bits per heavy atom. The van der Waals surface area contributed by atoms with Gasteiger partial charge in [0.1, 0.15) is 0 Å². The average molecular weight is 273 g/mol. The van der Waals surface area contributed by atoms with Crippen LogP contribution in [-0.2, 0) is 11.3 Å². The number of ether oxygens (including phenoxy) is 1. The molecule has 1 saturated heterocycles. The summed E-state index contributed by atoms with van der Waals surface area (Å²) in [6.07, 6.45) is 0.500. The van der Waals surface area contributed by atoms with Crippen LogP contribution in [0.3, 0.4) is 0 Å². The zero-order valence-electron chi connectivity index (χ0n) is 11.8. The molecule has 0 amide bonds. The fourth-order valence-corrected chi connectivity index (χ4v) is 2.69. The molecule has 6 heteroatoms. The van der Waals surface area contributed by atoms with E-state index in [1.165, 1.54) is 0 Å². The maximum atomic E-state index is 5.75. The Balaban J connectivity index is 1.77. The quantitative estimate of drug-likeness (QED) is 0.843. The van der Waals surface area contributed by atoms with E-state index in [1.807, 2.05) is 30.3 Å². The molecule has 2 heterocycles. The van der Waals surface area contributed by atoms with Crippen molar-refractivity contribution in [3.05, 3.63) is 36.2 Å². The van der Waals surface area contributed by atoms with E-state index in [0.29, 0.717) is 0 Å². The number of hydrogen-bond donors (Lipinski definition) is 0. The van der Waals surface area contributed by atoms with Crippen molar-refractivity contribution in [1.82, 2.24) is 25.1 Å². The third-order valence-corrected chi connectivity index (χ3v) is 3.40. The number of morpholine rings is 1. The van der Waals surface area contributed by atoms with E-state index in [0.717, 1.165) is 31.1 Å². The second kappa shape index (κ2) is 5.68. The molecule has 20 heavy (non-hydrogen) atoms. The van der Waals surface area contributed by atoms with Crippen molar-refractivity contribution in [1.29, 1.82) is 0 Å². The van der Waals surface area contributed by atoms with Gasteiger partial charge in [0, 0.05) is 13.1 Å². The van der Waals surface area contributed by atoms with Gasteiger partial charge in [-0.2, -0.15) is 4.68 Å². The van der Waals surface area contributed by atoms with Gasteiger partial charge in [0.05, 0.1) is 24.4 Å².